The number of hydrogen-bond acceptors (Lipinski definition) is 7. The van der Waals surface area contributed by atoms with E-state index in [9.17, 15) is 10.1 Å². The van der Waals surface area contributed by atoms with Gasteiger partial charge in [-0.2, -0.15) is 10.4 Å². The van der Waals surface area contributed by atoms with Gasteiger partial charge < -0.3 is 15.4 Å². The van der Waals surface area contributed by atoms with Crippen molar-refractivity contribution in [2.75, 3.05) is 26.3 Å². The molecule has 0 saturated carbocycles. The maximum atomic E-state index is 12.2. The SMILES string of the molecule is CC(=O)N1CCC(=NC2CCOCC2)C(=C(N)c2cccc3cc(-c4cn(C)nc4C#N)ncc23)C1. The lowest BCUT2D eigenvalue weighted by Crippen LogP contribution is -2.40. The molecular formula is C27H29N7O2. The molecule has 0 spiro atoms. The van der Waals surface area contributed by atoms with Crippen LogP contribution in [0.5, 0.6) is 0 Å². The molecule has 2 aliphatic heterocycles. The number of pyridine rings is 1. The highest BCUT2D eigenvalue weighted by molar-refractivity contribution is 6.10. The number of rotatable bonds is 3. The van der Waals surface area contributed by atoms with E-state index >= 15 is 0 Å². The van der Waals surface area contributed by atoms with Crippen LogP contribution in [0, 0.1) is 11.3 Å². The van der Waals surface area contributed by atoms with Crippen LogP contribution in [0.1, 0.15) is 37.4 Å². The van der Waals surface area contributed by atoms with Gasteiger partial charge in [-0.05, 0) is 24.3 Å². The number of likely N-dealkylation sites (tertiary alicyclic amines) is 1. The molecule has 184 valence electrons. The lowest BCUT2D eigenvalue weighted by Gasteiger charge is -2.31. The highest BCUT2D eigenvalue weighted by Gasteiger charge is 2.26. The van der Waals surface area contributed by atoms with Crippen LogP contribution in [0.25, 0.3) is 27.7 Å². The van der Waals surface area contributed by atoms with E-state index in [4.69, 9.17) is 15.5 Å². The first kappa shape index (κ1) is 23.7. The lowest BCUT2D eigenvalue weighted by atomic mass is 9.93. The summed E-state index contributed by atoms with van der Waals surface area (Å²) in [6.45, 7) is 4.10. The Morgan fingerprint density at radius 2 is 2.11 bits per heavy atom. The highest BCUT2D eigenvalue weighted by Crippen LogP contribution is 2.30. The fourth-order valence-electron chi connectivity index (χ4n) is 4.91. The van der Waals surface area contributed by atoms with Crippen molar-refractivity contribution in [2.24, 2.45) is 17.8 Å². The number of carbonyl (C=O) groups excluding carboxylic acids is 1. The number of nitrogens with two attached hydrogens (primary N) is 1. The van der Waals surface area contributed by atoms with Crippen LogP contribution in [-0.2, 0) is 16.6 Å². The minimum atomic E-state index is 0.0272. The zero-order valence-corrected chi connectivity index (χ0v) is 20.6. The molecule has 5 rings (SSSR count). The van der Waals surface area contributed by atoms with Crippen LogP contribution in [0.3, 0.4) is 0 Å². The number of ether oxygens (including phenoxy) is 1. The summed E-state index contributed by atoms with van der Waals surface area (Å²) < 4.78 is 7.11. The second kappa shape index (κ2) is 9.91. The van der Waals surface area contributed by atoms with E-state index in [-0.39, 0.29) is 11.9 Å². The van der Waals surface area contributed by atoms with Crippen molar-refractivity contribution in [1.82, 2.24) is 19.7 Å². The molecule has 0 aliphatic carbocycles. The van der Waals surface area contributed by atoms with Gasteiger partial charge >= 0.3 is 0 Å². The molecule has 1 aromatic carbocycles. The Labute approximate surface area is 209 Å². The predicted molar refractivity (Wildman–Crippen MR) is 138 cm³/mol. The number of carbonyl (C=O) groups is 1. The predicted octanol–water partition coefficient (Wildman–Crippen LogP) is 3.05. The lowest BCUT2D eigenvalue weighted by molar-refractivity contribution is -0.128. The summed E-state index contributed by atoms with van der Waals surface area (Å²) in [5.74, 6) is 0.0272. The Bertz CT molecular complexity index is 1420. The van der Waals surface area contributed by atoms with Crippen molar-refractivity contribution in [2.45, 2.75) is 32.2 Å². The van der Waals surface area contributed by atoms with Gasteiger partial charge in [-0.15, -0.1) is 0 Å². The van der Waals surface area contributed by atoms with E-state index in [0.29, 0.717) is 42.2 Å². The third kappa shape index (κ3) is 4.60. The molecule has 2 aliphatic rings. The van der Waals surface area contributed by atoms with Crippen molar-refractivity contribution >= 4 is 28.1 Å². The molecule has 0 radical (unpaired) electrons. The van der Waals surface area contributed by atoms with Crippen LogP contribution in [-0.4, -0.2) is 63.6 Å². The third-order valence-electron chi connectivity index (χ3n) is 6.88. The largest absolute Gasteiger partial charge is 0.398 e. The van der Waals surface area contributed by atoms with Gasteiger partial charge in [-0.25, -0.2) is 0 Å². The van der Waals surface area contributed by atoms with E-state index in [1.54, 1.807) is 31.0 Å². The monoisotopic (exact) mass is 483 g/mol. The van der Waals surface area contributed by atoms with Crippen LogP contribution in [0.15, 0.2) is 47.2 Å². The first-order valence-corrected chi connectivity index (χ1v) is 12.2. The van der Waals surface area contributed by atoms with Crippen molar-refractivity contribution in [1.29, 1.82) is 5.26 Å². The Kier molecular flexibility index (Phi) is 6.53. The molecule has 3 aromatic rings. The molecule has 36 heavy (non-hydrogen) atoms. The molecule has 9 heteroatoms. The summed E-state index contributed by atoms with van der Waals surface area (Å²) in [6, 6.07) is 10.2. The van der Waals surface area contributed by atoms with E-state index in [2.05, 4.69) is 16.2 Å². The summed E-state index contributed by atoms with van der Waals surface area (Å²) in [4.78, 5) is 23.8. The molecule has 0 unspecified atom stereocenters. The standard InChI is InChI=1S/C27H29N7O2/c1-17(35)34-9-6-24(31-19-7-10-36-11-8-19)23(16-34)27(29)20-5-3-4-18-12-25(30-14-21(18)20)22-15-33(2)32-26(22)13-28/h3-5,12,14-15,19H,6-11,16,29H2,1-2H3. The summed E-state index contributed by atoms with van der Waals surface area (Å²) in [7, 11) is 1.78. The van der Waals surface area contributed by atoms with Gasteiger partial charge in [0.2, 0.25) is 5.91 Å². The minimum Gasteiger partial charge on any atom is -0.398 e. The van der Waals surface area contributed by atoms with E-state index in [1.165, 1.54) is 0 Å². The number of amides is 1. The number of aryl methyl sites for hydroxylation is 1. The molecule has 9 nitrogen and oxygen atoms in total. The molecule has 0 atom stereocenters. The van der Waals surface area contributed by atoms with Gasteiger partial charge in [0, 0.05) is 87.0 Å². The number of nitriles is 1. The number of nitrogens with zero attached hydrogens (tertiary/aromatic N) is 6. The normalized spacial score (nSPS) is 19.5. The van der Waals surface area contributed by atoms with Crippen molar-refractivity contribution in [3.05, 3.63) is 53.5 Å². The Balaban J connectivity index is 1.59. The van der Waals surface area contributed by atoms with Gasteiger partial charge in [-0.1, -0.05) is 18.2 Å². The second-order valence-electron chi connectivity index (χ2n) is 9.28. The summed E-state index contributed by atoms with van der Waals surface area (Å²) in [6.07, 6.45) is 6.06. The van der Waals surface area contributed by atoms with Gasteiger partial charge in [0.15, 0.2) is 5.69 Å². The first-order chi connectivity index (χ1) is 17.4. The van der Waals surface area contributed by atoms with Gasteiger partial charge in [0.1, 0.15) is 6.07 Å². The second-order valence-corrected chi connectivity index (χ2v) is 9.28. The molecule has 2 saturated heterocycles. The fraction of sp³-hybridized carbons (Fsp3) is 0.370. The Morgan fingerprint density at radius 3 is 2.86 bits per heavy atom. The molecule has 2 fully saturated rings. The smallest absolute Gasteiger partial charge is 0.219 e. The Hall–Kier alpha value is -4.03. The number of hydrogen-bond donors (Lipinski definition) is 1. The molecule has 0 bridgehead atoms. The van der Waals surface area contributed by atoms with Crippen molar-refractivity contribution in [3.8, 4) is 17.3 Å². The number of aliphatic imine (C=N–C) groups is 1. The summed E-state index contributed by atoms with van der Waals surface area (Å²) in [5, 5.41) is 15.5. The fourth-order valence-corrected chi connectivity index (χ4v) is 4.91. The third-order valence-corrected chi connectivity index (χ3v) is 6.88. The Morgan fingerprint density at radius 1 is 1.31 bits per heavy atom. The van der Waals surface area contributed by atoms with E-state index in [0.717, 1.165) is 53.7 Å². The van der Waals surface area contributed by atoms with E-state index < -0.39 is 0 Å². The number of aromatic nitrogens is 3. The maximum Gasteiger partial charge on any atom is 0.219 e. The maximum absolute atomic E-state index is 12.2. The number of fused-ring (bicyclic) bond motifs is 1. The molecule has 4 heterocycles. The molecule has 2 N–H and O–H groups in total. The summed E-state index contributed by atoms with van der Waals surface area (Å²) in [5.41, 5.74) is 11.9. The average Bonchev–Trinajstić information content (AvgIpc) is 3.29. The van der Waals surface area contributed by atoms with Crippen LogP contribution >= 0.6 is 0 Å². The van der Waals surface area contributed by atoms with Crippen LogP contribution in [0.4, 0.5) is 0 Å². The molecule has 1 amide bonds. The minimum absolute atomic E-state index is 0.0272. The zero-order valence-electron chi connectivity index (χ0n) is 20.6. The van der Waals surface area contributed by atoms with Gasteiger partial charge in [0.25, 0.3) is 0 Å². The highest BCUT2D eigenvalue weighted by atomic mass is 16.5. The van der Waals surface area contributed by atoms with Gasteiger partial charge in [-0.3, -0.25) is 19.5 Å². The average molecular weight is 484 g/mol. The van der Waals surface area contributed by atoms with E-state index in [1.807, 2.05) is 29.2 Å². The number of benzene rings is 1. The number of piperidine rings is 1. The topological polar surface area (TPSA) is 122 Å². The van der Waals surface area contributed by atoms with Crippen molar-refractivity contribution < 1.29 is 9.53 Å². The van der Waals surface area contributed by atoms with Gasteiger partial charge in [0.05, 0.1) is 17.3 Å². The quantitative estimate of drug-likeness (QED) is 0.611. The van der Waals surface area contributed by atoms with Crippen LogP contribution in [0.2, 0.25) is 0 Å². The van der Waals surface area contributed by atoms with Crippen LogP contribution < -0.4 is 5.73 Å². The summed E-state index contributed by atoms with van der Waals surface area (Å²) >= 11 is 0. The first-order valence-electron chi connectivity index (χ1n) is 12.2. The van der Waals surface area contributed by atoms with Crippen molar-refractivity contribution in [3.63, 3.8) is 0 Å². The molecule has 2 aromatic heterocycles. The molecular weight excluding hydrogens is 454 g/mol. The zero-order chi connectivity index (χ0) is 25.2.